The van der Waals surface area contributed by atoms with Gasteiger partial charge in [0.05, 0.1) is 29.8 Å². The van der Waals surface area contributed by atoms with Gasteiger partial charge in [-0.2, -0.15) is 0 Å². The lowest BCUT2D eigenvalue weighted by molar-refractivity contribution is -0.156. The summed E-state index contributed by atoms with van der Waals surface area (Å²) in [7, 11) is -1.97. The van der Waals surface area contributed by atoms with Gasteiger partial charge in [0, 0.05) is 23.1 Å². The number of esters is 3. The topological polar surface area (TPSA) is 116 Å². The van der Waals surface area contributed by atoms with E-state index in [9.17, 15) is 23.7 Å². The van der Waals surface area contributed by atoms with Gasteiger partial charge >= 0.3 is 17.9 Å². The molecule has 5 atom stereocenters. The zero-order chi connectivity index (χ0) is 38.3. The Hall–Kier alpha value is -1.39. The second-order valence-electron chi connectivity index (χ2n) is 16.9. The maximum Gasteiger partial charge on any atom is 0.318 e. The van der Waals surface area contributed by atoms with E-state index in [1.165, 1.54) is 0 Å². The highest BCUT2D eigenvalue weighted by molar-refractivity contribution is 8.01. The van der Waals surface area contributed by atoms with Crippen molar-refractivity contribution >= 4 is 40.5 Å². The molecule has 1 rings (SSSR count). The van der Waals surface area contributed by atoms with Crippen LogP contribution in [-0.2, 0) is 39.4 Å². The van der Waals surface area contributed by atoms with Crippen molar-refractivity contribution in [3.63, 3.8) is 0 Å². The van der Waals surface area contributed by atoms with Crippen molar-refractivity contribution in [2.75, 3.05) is 24.7 Å². The molecule has 1 N–H and O–H groups in total. The third-order valence-electron chi connectivity index (χ3n) is 9.66. The van der Waals surface area contributed by atoms with Crippen LogP contribution in [0.1, 0.15) is 154 Å². The van der Waals surface area contributed by atoms with Crippen molar-refractivity contribution in [2.24, 2.45) is 28.6 Å². The molecule has 0 radical (unpaired) electrons. The van der Waals surface area contributed by atoms with Crippen LogP contribution in [0.5, 0.6) is 0 Å². The monoisotopic (exact) mass is 744 g/mol. The molecular weight excluding hydrogens is 673 g/mol. The summed E-state index contributed by atoms with van der Waals surface area (Å²) in [5.41, 5.74) is -0.921. The molecule has 0 saturated heterocycles. The van der Waals surface area contributed by atoms with Crippen LogP contribution in [0.25, 0.3) is 0 Å². The summed E-state index contributed by atoms with van der Waals surface area (Å²) in [6.07, 6.45) is 9.55. The second kappa shape index (κ2) is 21.3. The minimum absolute atomic E-state index is 0.0956. The van der Waals surface area contributed by atoms with Gasteiger partial charge in [0.1, 0.15) is 5.75 Å². The summed E-state index contributed by atoms with van der Waals surface area (Å²) in [6, 6.07) is 0. The van der Waals surface area contributed by atoms with Crippen LogP contribution in [0, 0.1) is 28.6 Å². The van der Waals surface area contributed by atoms with E-state index in [2.05, 4.69) is 27.7 Å². The highest BCUT2D eigenvalue weighted by Gasteiger charge is 2.68. The number of hydrogen-bond acceptors (Lipinski definition) is 9. The summed E-state index contributed by atoms with van der Waals surface area (Å²) in [6.45, 7) is 24.7. The van der Waals surface area contributed by atoms with Gasteiger partial charge < -0.3 is 19.3 Å². The first-order chi connectivity index (χ1) is 23.2. The summed E-state index contributed by atoms with van der Waals surface area (Å²) >= 11 is 1.16. The third-order valence-corrected chi connectivity index (χ3v) is 13.3. The molecule has 8 nitrogen and oxygen atoms in total. The Morgan fingerprint density at radius 3 is 1.80 bits per heavy atom. The molecule has 50 heavy (non-hydrogen) atoms. The van der Waals surface area contributed by atoms with Crippen LogP contribution in [0.3, 0.4) is 0 Å². The Bertz CT molecular complexity index is 1120. The lowest BCUT2D eigenvalue weighted by atomic mass is 9.59. The van der Waals surface area contributed by atoms with E-state index in [0.717, 1.165) is 63.1 Å². The predicted molar refractivity (Wildman–Crippen MR) is 207 cm³/mol. The van der Waals surface area contributed by atoms with E-state index in [0.29, 0.717) is 36.9 Å². The SMILES string of the molecule is CCCC1C(OC(=O)CC)(SCC(=O)OCCCCCC(C)C)C=C(C(C)(C)C)C(O)C1(S(=O)CC(=O)OCCCCCC(C)C)C(C)(C)C. The van der Waals surface area contributed by atoms with Gasteiger partial charge in [0.2, 0.25) is 0 Å². The van der Waals surface area contributed by atoms with Crippen molar-refractivity contribution in [1.82, 2.24) is 0 Å². The molecule has 0 heterocycles. The van der Waals surface area contributed by atoms with Gasteiger partial charge in [-0.1, -0.05) is 140 Å². The van der Waals surface area contributed by atoms with E-state index in [1.807, 2.05) is 54.5 Å². The Morgan fingerprint density at radius 2 is 1.36 bits per heavy atom. The molecule has 1 aliphatic carbocycles. The third kappa shape index (κ3) is 13.5. The first kappa shape index (κ1) is 46.6. The molecule has 0 fully saturated rings. The van der Waals surface area contributed by atoms with E-state index in [1.54, 1.807) is 6.92 Å². The molecule has 0 bridgehead atoms. The van der Waals surface area contributed by atoms with Crippen molar-refractivity contribution in [1.29, 1.82) is 0 Å². The Balaban J connectivity index is 3.61. The number of carbonyl (C=O) groups is 3. The molecule has 0 saturated carbocycles. The molecule has 0 aliphatic heterocycles. The number of aliphatic hydroxyl groups excluding tert-OH is 1. The normalized spacial score (nSPS) is 23.5. The average Bonchev–Trinajstić information content (AvgIpc) is 2.99. The fraction of sp³-hybridized carbons (Fsp3) is 0.875. The van der Waals surface area contributed by atoms with Crippen LogP contribution < -0.4 is 0 Å². The largest absolute Gasteiger partial charge is 0.465 e. The van der Waals surface area contributed by atoms with Gasteiger partial charge in [0.15, 0.2) is 4.93 Å². The van der Waals surface area contributed by atoms with Crippen LogP contribution in [0.2, 0.25) is 0 Å². The quantitative estimate of drug-likeness (QED) is 0.0381. The number of carbonyl (C=O) groups excluding carboxylic acids is 3. The van der Waals surface area contributed by atoms with E-state index in [4.69, 9.17) is 14.2 Å². The van der Waals surface area contributed by atoms with E-state index < -0.39 is 67.0 Å². The Labute approximate surface area is 311 Å². The van der Waals surface area contributed by atoms with Crippen molar-refractivity contribution < 1.29 is 37.9 Å². The van der Waals surface area contributed by atoms with Gasteiger partial charge in [-0.3, -0.25) is 18.6 Å². The Morgan fingerprint density at radius 1 is 0.840 bits per heavy atom. The van der Waals surface area contributed by atoms with Crippen LogP contribution >= 0.6 is 11.8 Å². The van der Waals surface area contributed by atoms with Gasteiger partial charge in [-0.25, -0.2) is 0 Å². The highest BCUT2D eigenvalue weighted by Crippen LogP contribution is 2.60. The Kier molecular flexibility index (Phi) is 19.9. The summed E-state index contributed by atoms with van der Waals surface area (Å²) in [5.74, 6) is -1.42. The number of ether oxygens (including phenoxy) is 3. The molecule has 0 spiro atoms. The number of unbranched alkanes of at least 4 members (excludes halogenated alkanes) is 4. The van der Waals surface area contributed by atoms with Crippen LogP contribution in [-0.4, -0.2) is 67.7 Å². The summed E-state index contributed by atoms with van der Waals surface area (Å²) in [5, 5.41) is 12.5. The lowest BCUT2D eigenvalue weighted by Gasteiger charge is -2.60. The predicted octanol–water partition coefficient (Wildman–Crippen LogP) is 9.19. The van der Waals surface area contributed by atoms with Gasteiger partial charge in [0.25, 0.3) is 0 Å². The molecular formula is C40H72O8S2. The minimum Gasteiger partial charge on any atom is -0.465 e. The van der Waals surface area contributed by atoms with Crippen LogP contribution in [0.4, 0.5) is 0 Å². The first-order valence-corrected chi connectivity index (χ1v) is 21.5. The molecule has 0 aromatic rings. The average molecular weight is 745 g/mol. The number of hydrogen-bond donors (Lipinski definition) is 1. The van der Waals surface area contributed by atoms with Crippen molar-refractivity contribution in [2.45, 2.75) is 169 Å². The van der Waals surface area contributed by atoms with Crippen molar-refractivity contribution in [3.05, 3.63) is 11.6 Å². The zero-order valence-corrected chi connectivity index (χ0v) is 35.2. The van der Waals surface area contributed by atoms with Gasteiger partial charge in [-0.05, 0) is 53.6 Å². The van der Waals surface area contributed by atoms with E-state index >= 15 is 0 Å². The summed E-state index contributed by atoms with van der Waals surface area (Å²) < 4.78 is 31.2. The fourth-order valence-corrected chi connectivity index (χ4v) is 10.6. The molecule has 10 heteroatoms. The smallest absolute Gasteiger partial charge is 0.318 e. The number of rotatable bonds is 22. The standard InChI is InChI=1S/C40H72O8S2/c1-13-21-32-39(48-33(41)14-2,49-27-34(42)46-24-19-15-17-22-29(3)4)26-31(37(7,8)9)36(44)40(32,38(10,11)12)50(45)28-35(43)47-25-20-16-18-23-30(5)6/h26,29-30,32,36,44H,13-25,27-28H2,1-12H3. The minimum atomic E-state index is -1.97. The molecule has 0 aromatic carbocycles. The summed E-state index contributed by atoms with van der Waals surface area (Å²) in [4.78, 5) is 38.3. The lowest BCUT2D eigenvalue weighted by Crippen LogP contribution is -2.70. The fourth-order valence-electron chi connectivity index (χ4n) is 7.04. The first-order valence-electron chi connectivity index (χ1n) is 19.2. The second-order valence-corrected chi connectivity index (χ2v) is 19.8. The molecule has 0 aromatic heterocycles. The number of thioether (sulfide) groups is 1. The van der Waals surface area contributed by atoms with Gasteiger partial charge in [-0.15, -0.1) is 0 Å². The molecule has 0 amide bonds. The number of aliphatic hydroxyl groups is 1. The highest BCUT2D eigenvalue weighted by atomic mass is 32.2. The van der Waals surface area contributed by atoms with Crippen LogP contribution in [0.15, 0.2) is 11.6 Å². The van der Waals surface area contributed by atoms with Crippen molar-refractivity contribution in [3.8, 4) is 0 Å². The molecule has 292 valence electrons. The molecule has 5 unspecified atom stereocenters. The molecule has 1 aliphatic rings. The van der Waals surface area contributed by atoms with E-state index in [-0.39, 0.29) is 18.8 Å². The maximum atomic E-state index is 15.0. The zero-order valence-electron chi connectivity index (χ0n) is 33.6. The maximum absolute atomic E-state index is 15.0.